The molecule has 1 nitrogen and oxygen atoms in total. The van der Waals surface area contributed by atoms with E-state index in [0.717, 1.165) is 16.7 Å². The van der Waals surface area contributed by atoms with Crippen molar-refractivity contribution < 1.29 is 5.11 Å². The van der Waals surface area contributed by atoms with Gasteiger partial charge < -0.3 is 5.11 Å². The van der Waals surface area contributed by atoms with Crippen molar-refractivity contribution in [3.63, 3.8) is 0 Å². The summed E-state index contributed by atoms with van der Waals surface area (Å²) in [5, 5.41) is 14.7. The van der Waals surface area contributed by atoms with Crippen LogP contribution in [-0.2, 0) is 0 Å². The minimum atomic E-state index is -0.535. The van der Waals surface area contributed by atoms with Crippen LogP contribution in [0.25, 0.3) is 5.57 Å². The van der Waals surface area contributed by atoms with Gasteiger partial charge in [0.05, 0.1) is 0 Å². The molecule has 1 aliphatic rings. The van der Waals surface area contributed by atoms with Crippen molar-refractivity contribution >= 4 is 28.7 Å². The van der Waals surface area contributed by atoms with Crippen molar-refractivity contribution in [2.24, 2.45) is 0 Å². The van der Waals surface area contributed by atoms with Crippen LogP contribution >= 0.6 is 23.1 Å². The largest absolute Gasteiger partial charge is 0.384 e. The Balaban J connectivity index is 2.10. The molecule has 98 valence electrons. The van der Waals surface area contributed by atoms with Crippen LogP contribution in [-0.4, -0.2) is 9.85 Å². The Labute approximate surface area is 122 Å². The summed E-state index contributed by atoms with van der Waals surface area (Å²) in [6, 6.07) is 10.3. The molecule has 19 heavy (non-hydrogen) atoms. The second-order valence-corrected chi connectivity index (χ2v) is 7.74. The third-order valence-corrected chi connectivity index (χ3v) is 5.15. The molecule has 0 saturated heterocycles. The molecule has 2 aromatic rings. The first-order valence-corrected chi connectivity index (χ1v) is 8.04. The van der Waals surface area contributed by atoms with Crippen molar-refractivity contribution in [2.45, 2.75) is 29.6 Å². The molecule has 1 aliphatic heterocycles. The van der Waals surface area contributed by atoms with Crippen LogP contribution in [0.5, 0.6) is 0 Å². The number of fused-ring (bicyclic) bond motifs is 1. The van der Waals surface area contributed by atoms with Crippen molar-refractivity contribution in [3.8, 4) is 0 Å². The maximum atomic E-state index is 10.6. The van der Waals surface area contributed by atoms with Gasteiger partial charge in [-0.05, 0) is 53.4 Å². The van der Waals surface area contributed by atoms with Crippen LogP contribution < -0.4 is 0 Å². The van der Waals surface area contributed by atoms with Crippen LogP contribution in [0.2, 0.25) is 0 Å². The predicted octanol–water partition coefficient (Wildman–Crippen LogP) is 4.75. The molecule has 0 amide bonds. The second-order valence-electron chi connectivity index (χ2n) is 5.26. The summed E-state index contributed by atoms with van der Waals surface area (Å²) >= 11 is 3.47. The third-order valence-electron chi connectivity index (χ3n) is 3.23. The molecule has 3 heteroatoms. The van der Waals surface area contributed by atoms with Gasteiger partial charge in [0.1, 0.15) is 6.10 Å². The van der Waals surface area contributed by atoms with Gasteiger partial charge in [0.25, 0.3) is 0 Å². The molecular formula is C16H16OS2. The predicted molar refractivity (Wildman–Crippen MR) is 83.6 cm³/mol. The quantitative estimate of drug-likeness (QED) is 0.860. The lowest BCUT2D eigenvalue weighted by molar-refractivity contribution is 0.238. The fraction of sp³-hybridized carbons (Fsp3) is 0.250. The number of aliphatic hydroxyl groups excluding tert-OH is 1. The summed E-state index contributed by atoms with van der Waals surface area (Å²) in [5.41, 5.74) is 3.16. The van der Waals surface area contributed by atoms with Crippen LogP contribution in [0.1, 0.15) is 31.1 Å². The number of thioether (sulfide) groups is 1. The van der Waals surface area contributed by atoms with E-state index in [2.05, 4.69) is 38.1 Å². The van der Waals surface area contributed by atoms with Crippen molar-refractivity contribution in [3.05, 3.63) is 58.3 Å². The Kier molecular flexibility index (Phi) is 3.29. The Bertz CT molecular complexity index is 611. The van der Waals surface area contributed by atoms with Gasteiger partial charge in [0.2, 0.25) is 0 Å². The monoisotopic (exact) mass is 288 g/mol. The van der Waals surface area contributed by atoms with Crippen LogP contribution in [0.15, 0.2) is 52.1 Å². The minimum Gasteiger partial charge on any atom is -0.384 e. The van der Waals surface area contributed by atoms with Gasteiger partial charge >= 0.3 is 0 Å². The molecule has 0 spiro atoms. The molecule has 0 aliphatic carbocycles. The lowest BCUT2D eigenvalue weighted by Gasteiger charge is -2.31. The number of rotatable bonds is 2. The van der Waals surface area contributed by atoms with Crippen LogP contribution in [0.4, 0.5) is 0 Å². The van der Waals surface area contributed by atoms with E-state index < -0.39 is 6.10 Å². The van der Waals surface area contributed by atoms with Gasteiger partial charge in [-0.2, -0.15) is 11.3 Å². The Hall–Kier alpha value is -1.03. The number of hydrogen-bond acceptors (Lipinski definition) is 3. The van der Waals surface area contributed by atoms with Crippen molar-refractivity contribution in [1.82, 2.24) is 0 Å². The average Bonchev–Trinajstić information content (AvgIpc) is 2.89. The summed E-state index contributed by atoms with van der Waals surface area (Å²) < 4.78 is 0.0146. The topological polar surface area (TPSA) is 20.2 Å². The molecule has 3 rings (SSSR count). The average molecular weight is 288 g/mol. The smallest absolute Gasteiger partial charge is 0.105 e. The lowest BCUT2D eigenvalue weighted by Crippen LogP contribution is -2.18. The van der Waals surface area contributed by atoms with Gasteiger partial charge in [-0.25, -0.2) is 0 Å². The Morgan fingerprint density at radius 3 is 2.68 bits per heavy atom. The first kappa shape index (κ1) is 13.0. The second kappa shape index (κ2) is 4.82. The Morgan fingerprint density at radius 1 is 1.16 bits per heavy atom. The first-order chi connectivity index (χ1) is 9.07. The molecule has 1 unspecified atom stereocenters. The van der Waals surface area contributed by atoms with Gasteiger partial charge in [-0.1, -0.05) is 24.3 Å². The highest BCUT2D eigenvalue weighted by Gasteiger charge is 2.29. The standard InChI is InChI=1S/C16H16OS2/c1-16(2)9-13(15(17)11-7-8-18-10-11)12-5-3-4-6-14(12)19-16/h3-10,15,17H,1-2H3. The fourth-order valence-electron chi connectivity index (χ4n) is 2.40. The SMILES string of the molecule is CC1(C)C=C(C(O)c2ccsc2)c2ccccc2S1. The summed E-state index contributed by atoms with van der Waals surface area (Å²) in [5.74, 6) is 0. The molecule has 1 N–H and O–H groups in total. The molecule has 2 heterocycles. The van der Waals surface area contributed by atoms with E-state index >= 15 is 0 Å². The van der Waals surface area contributed by atoms with E-state index in [0.29, 0.717) is 0 Å². The highest BCUT2D eigenvalue weighted by atomic mass is 32.2. The summed E-state index contributed by atoms with van der Waals surface area (Å²) in [6.07, 6.45) is 1.66. The zero-order valence-corrected chi connectivity index (χ0v) is 12.6. The number of hydrogen-bond donors (Lipinski definition) is 1. The zero-order valence-electron chi connectivity index (χ0n) is 11.0. The molecule has 1 atom stereocenters. The molecule has 0 fully saturated rings. The molecule has 1 aromatic carbocycles. The van der Waals surface area contributed by atoms with Crippen molar-refractivity contribution in [1.29, 1.82) is 0 Å². The third kappa shape index (κ3) is 2.50. The van der Waals surface area contributed by atoms with Gasteiger partial charge in [0, 0.05) is 9.64 Å². The molecule has 0 bridgehead atoms. The fourth-order valence-corrected chi connectivity index (χ4v) is 4.27. The van der Waals surface area contributed by atoms with Gasteiger partial charge in [-0.3, -0.25) is 0 Å². The highest BCUT2D eigenvalue weighted by molar-refractivity contribution is 8.01. The highest BCUT2D eigenvalue weighted by Crippen LogP contribution is 2.47. The molecular weight excluding hydrogens is 272 g/mol. The van der Waals surface area contributed by atoms with E-state index in [9.17, 15) is 5.11 Å². The maximum Gasteiger partial charge on any atom is 0.105 e. The summed E-state index contributed by atoms with van der Waals surface area (Å²) in [4.78, 5) is 1.25. The molecule has 1 aromatic heterocycles. The first-order valence-electron chi connectivity index (χ1n) is 6.28. The lowest BCUT2D eigenvalue weighted by atomic mass is 9.93. The Morgan fingerprint density at radius 2 is 1.95 bits per heavy atom. The molecule has 0 saturated carbocycles. The maximum absolute atomic E-state index is 10.6. The van der Waals surface area contributed by atoms with E-state index in [-0.39, 0.29) is 4.75 Å². The number of benzene rings is 1. The van der Waals surface area contributed by atoms with Gasteiger partial charge in [0.15, 0.2) is 0 Å². The van der Waals surface area contributed by atoms with Crippen LogP contribution in [0, 0.1) is 0 Å². The zero-order chi connectivity index (χ0) is 13.5. The summed E-state index contributed by atoms with van der Waals surface area (Å²) in [6.45, 7) is 4.38. The number of aliphatic hydroxyl groups is 1. The van der Waals surface area contributed by atoms with Crippen LogP contribution in [0.3, 0.4) is 0 Å². The molecule has 0 radical (unpaired) electrons. The number of thiophene rings is 1. The van der Waals surface area contributed by atoms with Crippen molar-refractivity contribution in [2.75, 3.05) is 0 Å². The van der Waals surface area contributed by atoms with E-state index in [4.69, 9.17) is 0 Å². The summed E-state index contributed by atoms with van der Waals surface area (Å²) in [7, 11) is 0. The minimum absolute atomic E-state index is 0.0146. The van der Waals surface area contributed by atoms with Gasteiger partial charge in [-0.15, -0.1) is 11.8 Å². The van der Waals surface area contributed by atoms with E-state index in [1.54, 1.807) is 11.3 Å². The normalized spacial score (nSPS) is 18.6. The van der Waals surface area contributed by atoms with E-state index in [1.165, 1.54) is 4.90 Å². The van der Waals surface area contributed by atoms with E-state index in [1.807, 2.05) is 34.7 Å².